The van der Waals surface area contributed by atoms with Crippen LogP contribution in [0, 0.1) is 0 Å². The van der Waals surface area contributed by atoms with Crippen LogP contribution in [0.4, 0.5) is 4.79 Å². The summed E-state index contributed by atoms with van der Waals surface area (Å²) in [5.74, 6) is 1.28. The molecule has 1 amide bonds. The van der Waals surface area contributed by atoms with Gasteiger partial charge in [0.2, 0.25) is 0 Å². The van der Waals surface area contributed by atoms with Crippen molar-refractivity contribution in [1.29, 1.82) is 0 Å². The Bertz CT molecular complexity index is 892. The molecule has 3 rings (SSSR count). The second-order valence-corrected chi connectivity index (χ2v) is 8.90. The van der Waals surface area contributed by atoms with E-state index in [1.165, 1.54) is 0 Å². The average Bonchev–Trinajstić information content (AvgIpc) is 2.72. The van der Waals surface area contributed by atoms with E-state index in [0.717, 1.165) is 12.8 Å². The number of hydrogen-bond acceptors (Lipinski definition) is 6. The number of aliphatic hydroxyl groups is 1. The van der Waals surface area contributed by atoms with Crippen LogP contribution >= 0.6 is 11.6 Å². The minimum absolute atomic E-state index is 0.0205. The molecule has 8 heteroatoms. The molecule has 1 aliphatic rings. The summed E-state index contributed by atoms with van der Waals surface area (Å²) in [6.45, 7) is 6.87. The Labute approximate surface area is 187 Å². The van der Waals surface area contributed by atoms with Crippen LogP contribution in [0.2, 0.25) is 5.02 Å². The van der Waals surface area contributed by atoms with Crippen molar-refractivity contribution < 1.29 is 24.1 Å². The molecule has 0 radical (unpaired) electrons. The minimum Gasteiger partial charge on any atom is -0.490 e. The molecule has 0 atom stereocenters. The second-order valence-electron chi connectivity index (χ2n) is 8.47. The fourth-order valence-corrected chi connectivity index (χ4v) is 3.44. The SMILES string of the molecule is CC(C)(C)OC(=O)N1CCC(Oc2ccnc(COc3ccc(Cl)cc3CO)c2)CC1. The first-order valence-electron chi connectivity index (χ1n) is 10.3. The number of piperidine rings is 1. The van der Waals surface area contributed by atoms with Crippen molar-refractivity contribution in [3.63, 3.8) is 0 Å². The first-order chi connectivity index (χ1) is 14.7. The molecule has 1 N–H and O–H groups in total. The molecule has 0 bridgehead atoms. The molecule has 1 aromatic carbocycles. The lowest BCUT2D eigenvalue weighted by Gasteiger charge is -2.33. The van der Waals surface area contributed by atoms with Crippen LogP contribution in [-0.2, 0) is 18.0 Å². The van der Waals surface area contributed by atoms with Crippen LogP contribution in [0.5, 0.6) is 11.5 Å². The van der Waals surface area contributed by atoms with Gasteiger partial charge in [0.1, 0.15) is 29.8 Å². The summed E-state index contributed by atoms with van der Waals surface area (Å²) in [6.07, 6.45) is 2.89. The number of ether oxygens (including phenoxy) is 3. The Morgan fingerprint density at radius 1 is 1.23 bits per heavy atom. The molecule has 2 aromatic rings. The maximum absolute atomic E-state index is 12.2. The van der Waals surface area contributed by atoms with E-state index in [4.69, 9.17) is 25.8 Å². The zero-order chi connectivity index (χ0) is 22.4. The Morgan fingerprint density at radius 3 is 2.65 bits per heavy atom. The summed E-state index contributed by atoms with van der Waals surface area (Å²) in [5.41, 5.74) is 0.836. The van der Waals surface area contributed by atoms with E-state index in [2.05, 4.69) is 4.98 Å². The topological polar surface area (TPSA) is 81.1 Å². The van der Waals surface area contributed by atoms with Gasteiger partial charge in [-0.3, -0.25) is 4.98 Å². The first kappa shape index (κ1) is 23.2. The average molecular weight is 449 g/mol. The zero-order valence-electron chi connectivity index (χ0n) is 18.1. The van der Waals surface area contributed by atoms with Crippen LogP contribution in [0.15, 0.2) is 36.5 Å². The van der Waals surface area contributed by atoms with Gasteiger partial charge < -0.3 is 24.2 Å². The van der Waals surface area contributed by atoms with Crippen molar-refractivity contribution in [2.45, 2.75) is 58.5 Å². The Balaban J connectivity index is 1.52. The number of nitrogens with zero attached hydrogens (tertiary/aromatic N) is 2. The molecule has 31 heavy (non-hydrogen) atoms. The highest BCUT2D eigenvalue weighted by Crippen LogP contribution is 2.25. The first-order valence-corrected chi connectivity index (χ1v) is 10.7. The highest BCUT2D eigenvalue weighted by molar-refractivity contribution is 6.30. The van der Waals surface area contributed by atoms with Crippen molar-refractivity contribution >= 4 is 17.7 Å². The molecule has 1 aromatic heterocycles. The van der Waals surface area contributed by atoms with E-state index in [0.29, 0.717) is 40.9 Å². The fraction of sp³-hybridized carbons (Fsp3) is 0.478. The number of rotatable bonds is 6. The lowest BCUT2D eigenvalue weighted by molar-refractivity contribution is 0.0126. The third-order valence-corrected chi connectivity index (χ3v) is 4.99. The molecular weight excluding hydrogens is 420 g/mol. The molecule has 1 aliphatic heterocycles. The van der Waals surface area contributed by atoms with E-state index in [-0.39, 0.29) is 25.4 Å². The third kappa shape index (κ3) is 7.01. The zero-order valence-corrected chi connectivity index (χ0v) is 18.9. The van der Waals surface area contributed by atoms with Crippen LogP contribution in [0.1, 0.15) is 44.9 Å². The van der Waals surface area contributed by atoms with Crippen molar-refractivity contribution in [3.05, 3.63) is 52.8 Å². The van der Waals surface area contributed by atoms with Gasteiger partial charge in [-0.05, 0) is 45.0 Å². The maximum Gasteiger partial charge on any atom is 0.410 e. The van der Waals surface area contributed by atoms with E-state index in [1.807, 2.05) is 32.9 Å². The molecule has 1 saturated heterocycles. The number of pyridine rings is 1. The number of amides is 1. The molecule has 1 fully saturated rings. The van der Waals surface area contributed by atoms with Gasteiger partial charge in [-0.25, -0.2) is 4.79 Å². The van der Waals surface area contributed by atoms with Crippen LogP contribution in [0.25, 0.3) is 0 Å². The summed E-state index contributed by atoms with van der Waals surface area (Å²) in [4.78, 5) is 18.2. The predicted octanol–water partition coefficient (Wildman–Crippen LogP) is 4.58. The van der Waals surface area contributed by atoms with E-state index in [1.54, 1.807) is 29.3 Å². The van der Waals surface area contributed by atoms with Gasteiger partial charge in [-0.2, -0.15) is 0 Å². The summed E-state index contributed by atoms with van der Waals surface area (Å²) >= 11 is 5.96. The van der Waals surface area contributed by atoms with Gasteiger partial charge in [-0.1, -0.05) is 11.6 Å². The number of aliphatic hydroxyl groups excluding tert-OH is 1. The number of carbonyl (C=O) groups excluding carboxylic acids is 1. The molecule has 0 aliphatic carbocycles. The lowest BCUT2D eigenvalue weighted by Crippen LogP contribution is -2.44. The molecule has 0 spiro atoms. The molecule has 0 saturated carbocycles. The Kier molecular flexibility index (Phi) is 7.62. The molecule has 7 nitrogen and oxygen atoms in total. The quantitative estimate of drug-likeness (QED) is 0.696. The lowest BCUT2D eigenvalue weighted by atomic mass is 10.1. The smallest absolute Gasteiger partial charge is 0.410 e. The number of halogens is 1. The molecule has 2 heterocycles. The van der Waals surface area contributed by atoms with Crippen LogP contribution < -0.4 is 9.47 Å². The van der Waals surface area contributed by atoms with Gasteiger partial charge in [0.05, 0.1) is 12.3 Å². The van der Waals surface area contributed by atoms with Crippen LogP contribution in [-0.4, -0.2) is 45.9 Å². The summed E-state index contributed by atoms with van der Waals surface area (Å²) < 4.78 is 17.3. The van der Waals surface area contributed by atoms with Crippen LogP contribution in [0.3, 0.4) is 0 Å². The summed E-state index contributed by atoms with van der Waals surface area (Å²) in [7, 11) is 0. The number of aromatic nitrogens is 1. The molecular formula is C23H29ClN2O5. The largest absolute Gasteiger partial charge is 0.490 e. The number of likely N-dealkylation sites (tertiary alicyclic amines) is 1. The van der Waals surface area contributed by atoms with Gasteiger partial charge in [0, 0.05) is 48.8 Å². The Hall–Kier alpha value is -2.51. The summed E-state index contributed by atoms with van der Waals surface area (Å²) in [5, 5.41) is 10.0. The second kappa shape index (κ2) is 10.2. The fourth-order valence-electron chi connectivity index (χ4n) is 3.25. The van der Waals surface area contributed by atoms with Gasteiger partial charge in [0.25, 0.3) is 0 Å². The number of hydrogen-bond donors (Lipinski definition) is 1. The van der Waals surface area contributed by atoms with Crippen molar-refractivity contribution in [2.75, 3.05) is 13.1 Å². The van der Waals surface area contributed by atoms with Crippen molar-refractivity contribution in [1.82, 2.24) is 9.88 Å². The van der Waals surface area contributed by atoms with Crippen molar-refractivity contribution in [3.8, 4) is 11.5 Å². The highest BCUT2D eigenvalue weighted by Gasteiger charge is 2.27. The molecule has 0 unspecified atom stereocenters. The highest BCUT2D eigenvalue weighted by atomic mass is 35.5. The molecule has 168 valence electrons. The van der Waals surface area contributed by atoms with Gasteiger partial charge >= 0.3 is 6.09 Å². The normalized spacial score (nSPS) is 14.9. The number of benzene rings is 1. The van der Waals surface area contributed by atoms with E-state index in [9.17, 15) is 9.90 Å². The van der Waals surface area contributed by atoms with E-state index < -0.39 is 5.60 Å². The predicted molar refractivity (Wildman–Crippen MR) is 117 cm³/mol. The maximum atomic E-state index is 12.2. The third-order valence-electron chi connectivity index (χ3n) is 4.75. The number of carbonyl (C=O) groups is 1. The standard InChI is InChI=1S/C23H29ClN2O5/c1-23(2,3)31-22(28)26-10-7-19(8-11-26)30-20-6-9-25-18(13-20)15-29-21-5-4-17(24)12-16(21)14-27/h4-6,9,12-13,19,27H,7-8,10-11,14-15H2,1-3H3. The van der Waals surface area contributed by atoms with Gasteiger partial charge in [0.15, 0.2) is 0 Å². The Morgan fingerprint density at radius 2 is 1.97 bits per heavy atom. The minimum atomic E-state index is -0.496. The van der Waals surface area contributed by atoms with Crippen molar-refractivity contribution in [2.24, 2.45) is 0 Å². The monoisotopic (exact) mass is 448 g/mol. The van der Waals surface area contributed by atoms with E-state index >= 15 is 0 Å². The van der Waals surface area contributed by atoms with Gasteiger partial charge in [-0.15, -0.1) is 0 Å². The summed E-state index contributed by atoms with van der Waals surface area (Å²) in [6, 6.07) is 8.77.